The van der Waals surface area contributed by atoms with Crippen LogP contribution >= 0.6 is 0 Å². The van der Waals surface area contributed by atoms with Crippen molar-refractivity contribution in [3.8, 4) is 5.75 Å². The molecule has 0 radical (unpaired) electrons. The van der Waals surface area contributed by atoms with E-state index in [4.69, 9.17) is 4.74 Å². The van der Waals surface area contributed by atoms with Gasteiger partial charge in [-0.15, -0.1) is 0 Å². The molecule has 2 aromatic carbocycles. The molecule has 0 heterocycles. The molecule has 0 spiro atoms. The van der Waals surface area contributed by atoms with E-state index in [-0.39, 0.29) is 11.4 Å². The lowest BCUT2D eigenvalue weighted by molar-refractivity contribution is -0.384. The Morgan fingerprint density at radius 1 is 1.29 bits per heavy atom. The van der Waals surface area contributed by atoms with Crippen molar-refractivity contribution in [3.05, 3.63) is 63.5 Å². The lowest BCUT2D eigenvalue weighted by Gasteiger charge is -2.10. The van der Waals surface area contributed by atoms with E-state index in [9.17, 15) is 14.5 Å². The topological polar surface area (TPSA) is 64.4 Å². The summed E-state index contributed by atoms with van der Waals surface area (Å²) < 4.78 is 18.4. The molecule has 0 aromatic heterocycles. The van der Waals surface area contributed by atoms with E-state index in [0.29, 0.717) is 6.54 Å². The monoisotopic (exact) mass is 290 g/mol. The third-order valence-electron chi connectivity index (χ3n) is 3.11. The predicted octanol–water partition coefficient (Wildman–Crippen LogP) is 3.66. The van der Waals surface area contributed by atoms with E-state index >= 15 is 0 Å². The Kier molecular flexibility index (Phi) is 4.37. The number of aryl methyl sites for hydroxylation is 1. The first-order chi connectivity index (χ1) is 10.0. The first-order valence-electron chi connectivity index (χ1n) is 6.32. The second-order valence-corrected chi connectivity index (χ2v) is 4.58. The van der Waals surface area contributed by atoms with Gasteiger partial charge in [-0.1, -0.05) is 12.1 Å². The summed E-state index contributed by atoms with van der Waals surface area (Å²) in [6, 6.07) is 8.95. The summed E-state index contributed by atoms with van der Waals surface area (Å²) in [7, 11) is 1.58. The van der Waals surface area contributed by atoms with Gasteiger partial charge in [0.2, 0.25) is 0 Å². The molecule has 0 saturated heterocycles. The number of halogens is 1. The third kappa shape index (κ3) is 3.47. The number of benzene rings is 2. The number of hydrogen-bond acceptors (Lipinski definition) is 4. The fraction of sp³-hybridized carbons (Fsp3) is 0.200. The summed E-state index contributed by atoms with van der Waals surface area (Å²) in [5.41, 5.74) is 1.88. The average Bonchev–Trinajstić information content (AvgIpc) is 2.46. The highest BCUT2D eigenvalue weighted by atomic mass is 19.1. The van der Waals surface area contributed by atoms with Crippen LogP contribution in [0.5, 0.6) is 5.75 Å². The van der Waals surface area contributed by atoms with Crippen LogP contribution in [0.1, 0.15) is 11.1 Å². The molecule has 2 rings (SSSR count). The van der Waals surface area contributed by atoms with Gasteiger partial charge in [-0.25, -0.2) is 4.39 Å². The van der Waals surface area contributed by atoms with Gasteiger partial charge in [0.05, 0.1) is 12.0 Å². The molecule has 0 aliphatic heterocycles. The molecule has 0 aliphatic rings. The Labute approximate surface area is 121 Å². The molecule has 0 atom stereocenters. The summed E-state index contributed by atoms with van der Waals surface area (Å²) in [6.07, 6.45) is 0. The summed E-state index contributed by atoms with van der Waals surface area (Å²) in [4.78, 5) is 10.4. The van der Waals surface area contributed by atoms with E-state index in [1.54, 1.807) is 7.11 Å². The van der Waals surface area contributed by atoms with Crippen molar-refractivity contribution < 1.29 is 14.1 Å². The van der Waals surface area contributed by atoms with Crippen LogP contribution in [-0.4, -0.2) is 12.0 Å². The molecular formula is C15H15FN2O3. The SMILES string of the molecule is COc1cc(CNc2cc(F)ccc2[N+](=O)[O-])ccc1C. The number of nitrogens with zero attached hydrogens (tertiary/aromatic N) is 1. The molecule has 0 fully saturated rings. The lowest BCUT2D eigenvalue weighted by atomic mass is 10.1. The van der Waals surface area contributed by atoms with Crippen LogP contribution in [0.3, 0.4) is 0 Å². The number of nitrogens with one attached hydrogen (secondary N) is 1. The predicted molar refractivity (Wildman–Crippen MR) is 78.1 cm³/mol. The minimum atomic E-state index is -0.544. The van der Waals surface area contributed by atoms with Crippen LogP contribution in [0.2, 0.25) is 0 Å². The highest BCUT2D eigenvalue weighted by molar-refractivity contribution is 5.61. The van der Waals surface area contributed by atoms with Crippen molar-refractivity contribution in [1.29, 1.82) is 0 Å². The molecule has 1 N–H and O–H groups in total. The van der Waals surface area contributed by atoms with E-state index in [0.717, 1.165) is 35.1 Å². The van der Waals surface area contributed by atoms with Crippen molar-refractivity contribution in [2.75, 3.05) is 12.4 Å². The smallest absolute Gasteiger partial charge is 0.292 e. The quantitative estimate of drug-likeness (QED) is 0.674. The van der Waals surface area contributed by atoms with Crippen LogP contribution in [0.25, 0.3) is 0 Å². The number of anilines is 1. The van der Waals surface area contributed by atoms with E-state index in [2.05, 4.69) is 5.32 Å². The minimum absolute atomic E-state index is 0.152. The molecule has 2 aromatic rings. The first kappa shape index (κ1) is 14.8. The van der Waals surface area contributed by atoms with Crippen LogP contribution < -0.4 is 10.1 Å². The zero-order valence-corrected chi connectivity index (χ0v) is 11.7. The second-order valence-electron chi connectivity index (χ2n) is 4.58. The lowest BCUT2D eigenvalue weighted by Crippen LogP contribution is -2.03. The third-order valence-corrected chi connectivity index (χ3v) is 3.11. The van der Waals surface area contributed by atoms with Crippen molar-refractivity contribution in [3.63, 3.8) is 0 Å². The van der Waals surface area contributed by atoms with Gasteiger partial charge >= 0.3 is 0 Å². The molecule has 0 unspecified atom stereocenters. The number of hydrogen-bond donors (Lipinski definition) is 1. The minimum Gasteiger partial charge on any atom is -0.496 e. The maximum atomic E-state index is 13.2. The van der Waals surface area contributed by atoms with Gasteiger partial charge in [0.15, 0.2) is 0 Å². The zero-order valence-electron chi connectivity index (χ0n) is 11.7. The van der Waals surface area contributed by atoms with Crippen LogP contribution in [0, 0.1) is 22.9 Å². The summed E-state index contributed by atoms with van der Waals surface area (Å²) in [5.74, 6) is 0.215. The van der Waals surface area contributed by atoms with E-state index < -0.39 is 10.7 Å². The molecular weight excluding hydrogens is 275 g/mol. The van der Waals surface area contributed by atoms with Gasteiger partial charge in [-0.05, 0) is 30.2 Å². The van der Waals surface area contributed by atoms with Gasteiger partial charge in [-0.3, -0.25) is 10.1 Å². The van der Waals surface area contributed by atoms with Crippen molar-refractivity contribution in [2.45, 2.75) is 13.5 Å². The summed E-state index contributed by atoms with van der Waals surface area (Å²) in [6.45, 7) is 2.26. The second kappa shape index (κ2) is 6.21. The number of nitro groups is 1. The number of nitro benzene ring substituents is 1. The normalized spacial score (nSPS) is 10.2. The van der Waals surface area contributed by atoms with Crippen molar-refractivity contribution >= 4 is 11.4 Å². The van der Waals surface area contributed by atoms with Crippen LogP contribution in [0.15, 0.2) is 36.4 Å². The highest BCUT2D eigenvalue weighted by Crippen LogP contribution is 2.26. The Bertz CT molecular complexity index is 674. The van der Waals surface area contributed by atoms with Gasteiger partial charge < -0.3 is 10.1 Å². The summed E-state index contributed by atoms with van der Waals surface area (Å²) in [5, 5.41) is 13.8. The maximum absolute atomic E-state index is 13.2. The van der Waals surface area contributed by atoms with E-state index in [1.807, 2.05) is 25.1 Å². The van der Waals surface area contributed by atoms with Gasteiger partial charge in [-0.2, -0.15) is 0 Å². The van der Waals surface area contributed by atoms with Crippen molar-refractivity contribution in [2.24, 2.45) is 0 Å². The molecule has 0 bridgehead atoms. The number of methoxy groups -OCH3 is 1. The molecule has 6 heteroatoms. The molecule has 0 saturated carbocycles. The van der Waals surface area contributed by atoms with Crippen molar-refractivity contribution in [1.82, 2.24) is 0 Å². The maximum Gasteiger partial charge on any atom is 0.292 e. The van der Waals surface area contributed by atoms with Crippen LogP contribution in [-0.2, 0) is 6.54 Å². The largest absolute Gasteiger partial charge is 0.496 e. The number of rotatable bonds is 5. The zero-order chi connectivity index (χ0) is 15.4. The average molecular weight is 290 g/mol. The Balaban J connectivity index is 2.20. The first-order valence-corrected chi connectivity index (χ1v) is 6.32. The molecule has 0 aliphatic carbocycles. The Hall–Kier alpha value is -2.63. The fourth-order valence-corrected chi connectivity index (χ4v) is 1.98. The molecule has 21 heavy (non-hydrogen) atoms. The van der Waals surface area contributed by atoms with Crippen LogP contribution in [0.4, 0.5) is 15.8 Å². The van der Waals surface area contributed by atoms with Gasteiger partial charge in [0.1, 0.15) is 17.3 Å². The summed E-state index contributed by atoms with van der Waals surface area (Å²) >= 11 is 0. The van der Waals surface area contributed by atoms with Gasteiger partial charge in [0, 0.05) is 18.7 Å². The highest BCUT2D eigenvalue weighted by Gasteiger charge is 2.14. The molecule has 5 nitrogen and oxygen atoms in total. The Morgan fingerprint density at radius 2 is 2.05 bits per heavy atom. The van der Waals surface area contributed by atoms with E-state index in [1.165, 1.54) is 0 Å². The standard InChI is InChI=1S/C15H15FN2O3/c1-10-3-4-11(7-15(10)21-2)9-17-13-8-12(16)5-6-14(13)18(19)20/h3-8,17H,9H2,1-2H3. The number of ether oxygens (including phenoxy) is 1. The Morgan fingerprint density at radius 3 is 2.71 bits per heavy atom. The fourth-order valence-electron chi connectivity index (χ4n) is 1.98. The molecule has 110 valence electrons. The van der Waals surface area contributed by atoms with Gasteiger partial charge in [0.25, 0.3) is 5.69 Å². The molecule has 0 amide bonds.